The van der Waals surface area contributed by atoms with Gasteiger partial charge in [-0.15, -0.1) is 0 Å². The molecule has 1 fully saturated rings. The van der Waals surface area contributed by atoms with Crippen LogP contribution in [0, 0.1) is 10.1 Å². The number of nitrogens with one attached hydrogen (secondary N) is 1. The maximum Gasteiger partial charge on any atom is 0.271 e. The fourth-order valence-corrected chi connectivity index (χ4v) is 3.14. The molecule has 3 rings (SSSR count). The summed E-state index contributed by atoms with van der Waals surface area (Å²) < 4.78 is 0. The van der Waals surface area contributed by atoms with Crippen LogP contribution in [0.15, 0.2) is 48.7 Å². The zero-order valence-electron chi connectivity index (χ0n) is 15.2. The van der Waals surface area contributed by atoms with Crippen LogP contribution < -0.4 is 5.32 Å². The minimum atomic E-state index is -0.472. The summed E-state index contributed by atoms with van der Waals surface area (Å²) in [7, 11) is 0. The number of nitrogens with zero attached hydrogens (tertiary/aromatic N) is 4. The lowest BCUT2D eigenvalue weighted by atomic mass is 10.2. The van der Waals surface area contributed by atoms with Gasteiger partial charge >= 0.3 is 0 Å². The van der Waals surface area contributed by atoms with Crippen molar-refractivity contribution < 1.29 is 9.72 Å². The van der Waals surface area contributed by atoms with Crippen LogP contribution in [0.2, 0.25) is 0 Å². The Morgan fingerprint density at radius 1 is 1.22 bits per heavy atom. The average molecular weight is 369 g/mol. The van der Waals surface area contributed by atoms with Crippen LogP contribution in [0.1, 0.15) is 12.6 Å². The van der Waals surface area contributed by atoms with Gasteiger partial charge < -0.3 is 5.32 Å². The first-order valence-electron chi connectivity index (χ1n) is 8.94. The third-order valence-electron chi connectivity index (χ3n) is 4.77. The minimum absolute atomic E-state index is 0.0383. The second-order valence-electron chi connectivity index (χ2n) is 6.61. The number of hydrogen-bond donors (Lipinski definition) is 1. The molecule has 27 heavy (non-hydrogen) atoms. The monoisotopic (exact) mass is 369 g/mol. The molecule has 8 nitrogen and oxygen atoms in total. The molecule has 142 valence electrons. The quantitative estimate of drug-likeness (QED) is 0.620. The first-order chi connectivity index (χ1) is 13.0. The molecule has 0 radical (unpaired) electrons. The number of rotatable bonds is 6. The molecule has 0 spiro atoms. The maximum atomic E-state index is 12.5. The largest absolute Gasteiger partial charge is 0.324 e. The molecule has 1 saturated heterocycles. The molecular formula is C19H23N5O3. The van der Waals surface area contributed by atoms with Gasteiger partial charge in [0.1, 0.15) is 0 Å². The predicted octanol–water partition coefficient (Wildman–Crippen LogP) is 2.13. The van der Waals surface area contributed by atoms with Crippen molar-refractivity contribution in [2.45, 2.75) is 19.5 Å². The van der Waals surface area contributed by atoms with Crippen LogP contribution in [0.25, 0.3) is 0 Å². The highest BCUT2D eigenvalue weighted by Gasteiger charge is 2.26. The summed E-state index contributed by atoms with van der Waals surface area (Å²) in [6.45, 7) is 5.98. The molecule has 0 saturated carbocycles. The van der Waals surface area contributed by atoms with Crippen LogP contribution in [-0.2, 0) is 11.3 Å². The van der Waals surface area contributed by atoms with Crippen molar-refractivity contribution in [2.24, 2.45) is 0 Å². The standard InChI is InChI=1S/C19H23N5O3/c1-15(19(25)21-16-6-4-7-18(13-16)24(26)27)23-11-9-22(10-12-23)14-17-5-2-3-8-20-17/h2-8,13,15H,9-12,14H2,1H3,(H,21,25). The third kappa shape index (κ3) is 5.08. The van der Waals surface area contributed by atoms with Crippen molar-refractivity contribution >= 4 is 17.3 Å². The van der Waals surface area contributed by atoms with Crippen molar-refractivity contribution in [3.8, 4) is 0 Å². The Kier molecular flexibility index (Phi) is 6.10. The van der Waals surface area contributed by atoms with E-state index >= 15 is 0 Å². The van der Waals surface area contributed by atoms with E-state index in [1.165, 1.54) is 12.1 Å². The van der Waals surface area contributed by atoms with Crippen molar-refractivity contribution in [3.05, 3.63) is 64.5 Å². The zero-order valence-corrected chi connectivity index (χ0v) is 15.2. The number of carbonyl (C=O) groups excluding carboxylic acids is 1. The van der Waals surface area contributed by atoms with E-state index in [9.17, 15) is 14.9 Å². The summed E-state index contributed by atoms with van der Waals surface area (Å²) >= 11 is 0. The zero-order chi connectivity index (χ0) is 19.2. The molecule has 1 N–H and O–H groups in total. The number of anilines is 1. The van der Waals surface area contributed by atoms with Gasteiger partial charge in [0, 0.05) is 56.7 Å². The molecule has 0 aliphatic carbocycles. The van der Waals surface area contributed by atoms with Crippen LogP contribution in [-0.4, -0.2) is 57.8 Å². The topological polar surface area (TPSA) is 91.6 Å². The van der Waals surface area contributed by atoms with E-state index in [-0.39, 0.29) is 17.6 Å². The van der Waals surface area contributed by atoms with Gasteiger partial charge in [-0.3, -0.25) is 29.7 Å². The third-order valence-corrected chi connectivity index (χ3v) is 4.77. The molecule has 1 aliphatic rings. The predicted molar refractivity (Wildman–Crippen MR) is 102 cm³/mol. The lowest BCUT2D eigenvalue weighted by Crippen LogP contribution is -2.52. The number of nitro benzene ring substituents is 1. The molecule has 2 heterocycles. The highest BCUT2D eigenvalue weighted by atomic mass is 16.6. The van der Waals surface area contributed by atoms with Gasteiger partial charge in [-0.1, -0.05) is 12.1 Å². The second-order valence-corrected chi connectivity index (χ2v) is 6.61. The molecule has 8 heteroatoms. The highest BCUT2D eigenvalue weighted by molar-refractivity contribution is 5.94. The fourth-order valence-electron chi connectivity index (χ4n) is 3.14. The maximum absolute atomic E-state index is 12.5. The first-order valence-corrected chi connectivity index (χ1v) is 8.94. The van der Waals surface area contributed by atoms with Crippen LogP contribution in [0.3, 0.4) is 0 Å². The van der Waals surface area contributed by atoms with E-state index in [0.717, 1.165) is 38.4 Å². The number of piperazine rings is 1. The number of carbonyl (C=O) groups is 1. The van der Waals surface area contributed by atoms with Crippen LogP contribution in [0.5, 0.6) is 0 Å². The Morgan fingerprint density at radius 2 is 2.00 bits per heavy atom. The molecular weight excluding hydrogens is 346 g/mol. The fraction of sp³-hybridized carbons (Fsp3) is 0.368. The van der Waals surface area contributed by atoms with Gasteiger partial charge in [0.15, 0.2) is 0 Å². The lowest BCUT2D eigenvalue weighted by molar-refractivity contribution is -0.384. The van der Waals surface area contributed by atoms with E-state index in [0.29, 0.717) is 5.69 Å². The summed E-state index contributed by atoms with van der Waals surface area (Å²) in [5, 5.41) is 13.6. The normalized spacial score (nSPS) is 16.6. The minimum Gasteiger partial charge on any atom is -0.324 e. The van der Waals surface area contributed by atoms with Gasteiger partial charge in [0.25, 0.3) is 5.69 Å². The molecule has 0 bridgehead atoms. The molecule has 1 aromatic heterocycles. The average Bonchev–Trinajstić information content (AvgIpc) is 2.69. The number of non-ortho nitro benzene ring substituents is 1. The van der Waals surface area contributed by atoms with Gasteiger partial charge in [0.2, 0.25) is 5.91 Å². The van der Waals surface area contributed by atoms with E-state index in [1.54, 1.807) is 18.3 Å². The smallest absolute Gasteiger partial charge is 0.271 e. The van der Waals surface area contributed by atoms with Gasteiger partial charge in [-0.25, -0.2) is 0 Å². The van der Waals surface area contributed by atoms with E-state index in [1.807, 2.05) is 25.1 Å². The van der Waals surface area contributed by atoms with Crippen molar-refractivity contribution in [1.82, 2.24) is 14.8 Å². The molecule has 1 unspecified atom stereocenters. The summed E-state index contributed by atoms with van der Waals surface area (Å²) in [4.78, 5) is 31.7. The number of pyridine rings is 1. The Morgan fingerprint density at radius 3 is 2.67 bits per heavy atom. The first kappa shape index (κ1) is 18.9. The number of aromatic nitrogens is 1. The van der Waals surface area contributed by atoms with Crippen LogP contribution >= 0.6 is 0 Å². The summed E-state index contributed by atoms with van der Waals surface area (Å²) in [5.41, 5.74) is 1.45. The molecule has 2 aromatic rings. The summed E-state index contributed by atoms with van der Waals surface area (Å²) in [6.07, 6.45) is 1.80. The van der Waals surface area contributed by atoms with Gasteiger partial charge in [0.05, 0.1) is 16.7 Å². The second kappa shape index (κ2) is 8.70. The number of nitro groups is 1. The highest BCUT2D eigenvalue weighted by Crippen LogP contribution is 2.18. The van der Waals surface area contributed by atoms with Crippen LogP contribution in [0.4, 0.5) is 11.4 Å². The van der Waals surface area contributed by atoms with Gasteiger partial charge in [-0.05, 0) is 25.1 Å². The van der Waals surface area contributed by atoms with Gasteiger partial charge in [-0.2, -0.15) is 0 Å². The Labute approximate surface area is 158 Å². The number of hydrogen-bond acceptors (Lipinski definition) is 6. The summed E-state index contributed by atoms with van der Waals surface area (Å²) in [6, 6.07) is 11.6. The molecule has 1 amide bonds. The molecule has 1 aliphatic heterocycles. The van der Waals surface area contributed by atoms with E-state index in [4.69, 9.17) is 0 Å². The number of amides is 1. The Hall–Kier alpha value is -2.84. The summed E-state index contributed by atoms with van der Waals surface area (Å²) in [5.74, 6) is -0.159. The van der Waals surface area contributed by atoms with Crippen molar-refractivity contribution in [3.63, 3.8) is 0 Å². The Balaban J connectivity index is 1.51. The molecule has 1 aromatic carbocycles. The molecule has 1 atom stereocenters. The van der Waals surface area contributed by atoms with Crippen molar-refractivity contribution in [1.29, 1.82) is 0 Å². The van der Waals surface area contributed by atoms with E-state index < -0.39 is 4.92 Å². The SMILES string of the molecule is CC(C(=O)Nc1cccc([N+](=O)[O-])c1)N1CCN(Cc2ccccn2)CC1. The van der Waals surface area contributed by atoms with E-state index in [2.05, 4.69) is 20.1 Å². The Bertz CT molecular complexity index is 791. The number of benzene rings is 1. The lowest BCUT2D eigenvalue weighted by Gasteiger charge is -2.37. The van der Waals surface area contributed by atoms with Crippen molar-refractivity contribution in [2.75, 3.05) is 31.5 Å².